The first-order valence-electron chi connectivity index (χ1n) is 8.10. The first-order valence-corrected chi connectivity index (χ1v) is 9.09. The number of nitrogens with two attached hydrogens (primary N) is 1. The van der Waals surface area contributed by atoms with E-state index in [-0.39, 0.29) is 45.6 Å². The number of hydrogen-bond acceptors (Lipinski definition) is 8. The van der Waals surface area contributed by atoms with Crippen LogP contribution < -0.4 is 11.1 Å². The average Bonchev–Trinajstić information content (AvgIpc) is 3.11. The fraction of sp³-hybridized carbons (Fsp3) is 0.167. The van der Waals surface area contributed by atoms with E-state index in [9.17, 15) is 25.2 Å². The fourth-order valence-corrected chi connectivity index (χ4v) is 3.64. The molecule has 0 atom stereocenters. The van der Waals surface area contributed by atoms with Gasteiger partial charge in [0.05, 0.1) is 11.3 Å². The fourth-order valence-electron chi connectivity index (χ4n) is 2.77. The van der Waals surface area contributed by atoms with Gasteiger partial charge in [-0.25, -0.2) is 9.78 Å². The molecule has 1 saturated heterocycles. The third kappa shape index (κ3) is 3.54. The minimum atomic E-state index is -0.459. The van der Waals surface area contributed by atoms with E-state index < -0.39 is 11.9 Å². The lowest BCUT2D eigenvalue weighted by Gasteiger charge is -2.14. The number of pyridine rings is 1. The summed E-state index contributed by atoms with van der Waals surface area (Å²) >= 11 is 0.958. The summed E-state index contributed by atoms with van der Waals surface area (Å²) in [5.74, 6) is -0.675. The quantitative estimate of drug-likeness (QED) is 0.657. The highest BCUT2D eigenvalue weighted by atomic mass is 32.2. The topological polar surface area (TPSA) is 156 Å². The van der Waals surface area contributed by atoms with Gasteiger partial charge in [0.1, 0.15) is 34.3 Å². The molecular weight excluding hydrogens is 380 g/mol. The Labute approximate surface area is 164 Å². The molecule has 0 radical (unpaired) electrons. The van der Waals surface area contributed by atoms with Crippen molar-refractivity contribution in [2.24, 2.45) is 0 Å². The van der Waals surface area contributed by atoms with Crippen molar-refractivity contribution in [1.82, 2.24) is 15.2 Å². The average molecular weight is 394 g/mol. The third-order valence-electron chi connectivity index (χ3n) is 4.04. The number of benzene rings is 1. The zero-order chi connectivity index (χ0) is 20.3. The summed E-state index contributed by atoms with van der Waals surface area (Å²) in [4.78, 5) is 29.0. The Morgan fingerprint density at radius 2 is 2.11 bits per heavy atom. The normalized spacial score (nSPS) is 12.9. The highest BCUT2D eigenvalue weighted by molar-refractivity contribution is 8.00. The molecule has 0 saturated carbocycles. The van der Waals surface area contributed by atoms with Crippen LogP contribution in [0.1, 0.15) is 11.1 Å². The van der Waals surface area contributed by atoms with Crippen molar-refractivity contribution in [2.45, 2.75) is 5.03 Å². The lowest BCUT2D eigenvalue weighted by Crippen LogP contribution is -2.35. The lowest BCUT2D eigenvalue weighted by atomic mass is 9.97. The molecule has 28 heavy (non-hydrogen) atoms. The van der Waals surface area contributed by atoms with Gasteiger partial charge in [-0.1, -0.05) is 23.9 Å². The Balaban J connectivity index is 2.01. The summed E-state index contributed by atoms with van der Waals surface area (Å²) in [6, 6.07) is 9.56. The minimum Gasteiger partial charge on any atom is -0.508 e. The van der Waals surface area contributed by atoms with Crippen molar-refractivity contribution in [1.29, 1.82) is 10.5 Å². The van der Waals surface area contributed by atoms with E-state index in [1.54, 1.807) is 12.1 Å². The van der Waals surface area contributed by atoms with E-state index >= 15 is 0 Å². The van der Waals surface area contributed by atoms with Gasteiger partial charge in [0.2, 0.25) is 5.91 Å². The van der Waals surface area contributed by atoms with Crippen LogP contribution in [0, 0.1) is 22.7 Å². The smallest absolute Gasteiger partial charge is 0.324 e. The number of anilines is 1. The molecule has 1 aromatic heterocycles. The van der Waals surface area contributed by atoms with E-state index in [1.165, 1.54) is 12.1 Å². The van der Waals surface area contributed by atoms with Crippen LogP contribution in [-0.4, -0.2) is 45.8 Å². The number of nitrogen functional groups attached to an aromatic ring is 1. The van der Waals surface area contributed by atoms with Gasteiger partial charge in [-0.3, -0.25) is 9.69 Å². The monoisotopic (exact) mass is 394 g/mol. The van der Waals surface area contributed by atoms with Crippen molar-refractivity contribution in [2.75, 3.05) is 24.6 Å². The summed E-state index contributed by atoms with van der Waals surface area (Å²) in [5.41, 5.74) is 6.65. The zero-order valence-electron chi connectivity index (χ0n) is 14.5. The molecular formula is C18H14N6O3S. The van der Waals surface area contributed by atoms with E-state index in [0.717, 1.165) is 16.7 Å². The maximum absolute atomic E-state index is 12.3. The van der Waals surface area contributed by atoms with Crippen LogP contribution >= 0.6 is 11.8 Å². The summed E-state index contributed by atoms with van der Waals surface area (Å²) in [6.07, 6.45) is 0. The first kappa shape index (κ1) is 19.0. The number of nitrogens with one attached hydrogen (secondary N) is 1. The summed E-state index contributed by atoms with van der Waals surface area (Å²) in [7, 11) is 0. The van der Waals surface area contributed by atoms with Crippen molar-refractivity contribution in [3.8, 4) is 29.0 Å². The van der Waals surface area contributed by atoms with Crippen molar-refractivity contribution in [3.05, 3.63) is 35.4 Å². The number of phenols is 1. The number of rotatable bonds is 4. The number of carbonyl (C=O) groups is 2. The maximum Gasteiger partial charge on any atom is 0.324 e. The second-order valence-corrected chi connectivity index (χ2v) is 6.73. The van der Waals surface area contributed by atoms with Crippen LogP contribution in [0.4, 0.5) is 10.6 Å². The Morgan fingerprint density at radius 3 is 2.71 bits per heavy atom. The molecule has 10 heteroatoms. The van der Waals surface area contributed by atoms with E-state index in [0.29, 0.717) is 12.1 Å². The summed E-state index contributed by atoms with van der Waals surface area (Å²) in [6.45, 7) is 0.670. The lowest BCUT2D eigenvalue weighted by molar-refractivity contribution is -0.124. The molecule has 0 aliphatic carbocycles. The first-order chi connectivity index (χ1) is 13.5. The highest BCUT2D eigenvalue weighted by Crippen LogP contribution is 2.36. The summed E-state index contributed by atoms with van der Waals surface area (Å²) < 4.78 is 0. The van der Waals surface area contributed by atoms with Gasteiger partial charge in [0.15, 0.2) is 0 Å². The van der Waals surface area contributed by atoms with Gasteiger partial charge in [-0.2, -0.15) is 10.5 Å². The van der Waals surface area contributed by atoms with Gasteiger partial charge in [0.25, 0.3) is 0 Å². The molecule has 2 heterocycles. The van der Waals surface area contributed by atoms with Crippen LogP contribution in [-0.2, 0) is 4.79 Å². The van der Waals surface area contributed by atoms with Crippen molar-refractivity contribution >= 4 is 29.5 Å². The molecule has 0 spiro atoms. The molecule has 1 aromatic carbocycles. The van der Waals surface area contributed by atoms with Gasteiger partial charge < -0.3 is 16.2 Å². The van der Waals surface area contributed by atoms with E-state index in [4.69, 9.17) is 5.73 Å². The molecule has 9 nitrogen and oxygen atoms in total. The van der Waals surface area contributed by atoms with Crippen molar-refractivity contribution < 1.29 is 14.7 Å². The molecule has 0 bridgehead atoms. The Kier molecular flexibility index (Phi) is 5.34. The predicted octanol–water partition coefficient (Wildman–Crippen LogP) is 1.42. The highest BCUT2D eigenvalue weighted by Gasteiger charge is 2.27. The van der Waals surface area contributed by atoms with Gasteiger partial charge >= 0.3 is 6.03 Å². The van der Waals surface area contributed by atoms with E-state index in [2.05, 4.69) is 10.3 Å². The second kappa shape index (κ2) is 7.86. The standard InChI is InChI=1S/C18H14N6O3S/c19-7-12-15(10-2-1-3-11(25)6-10)13(8-20)17(23-16(12)21)28-9-14(26)24-5-4-22-18(24)27/h1-3,6,25H,4-5,9H2,(H2,21,23)(H,22,27). The van der Waals surface area contributed by atoms with Gasteiger partial charge in [-0.15, -0.1) is 0 Å². The Bertz CT molecular complexity index is 1060. The molecule has 1 fully saturated rings. The summed E-state index contributed by atoms with van der Waals surface area (Å²) in [5, 5.41) is 31.6. The second-order valence-electron chi connectivity index (χ2n) is 5.77. The maximum atomic E-state index is 12.3. The number of amides is 3. The van der Waals surface area contributed by atoms with E-state index in [1.807, 2.05) is 12.1 Å². The number of imide groups is 1. The van der Waals surface area contributed by atoms with Crippen molar-refractivity contribution in [3.63, 3.8) is 0 Å². The molecule has 3 rings (SSSR count). The molecule has 4 N–H and O–H groups in total. The van der Waals surface area contributed by atoms with Crippen LogP contribution in [0.25, 0.3) is 11.1 Å². The molecule has 0 unspecified atom stereocenters. The number of hydrogen-bond donors (Lipinski definition) is 3. The zero-order valence-corrected chi connectivity index (χ0v) is 15.3. The largest absolute Gasteiger partial charge is 0.508 e. The number of thioether (sulfide) groups is 1. The van der Waals surface area contributed by atoms with Crippen LogP contribution in [0.5, 0.6) is 5.75 Å². The number of urea groups is 1. The van der Waals surface area contributed by atoms with Crippen LogP contribution in [0.15, 0.2) is 29.3 Å². The SMILES string of the molecule is N#Cc1c(N)nc(SCC(=O)N2CCNC2=O)c(C#N)c1-c1cccc(O)c1. The number of nitrogens with zero attached hydrogens (tertiary/aromatic N) is 4. The third-order valence-corrected chi connectivity index (χ3v) is 5.00. The number of aromatic nitrogens is 1. The Hall–Kier alpha value is -3.76. The minimum absolute atomic E-state index is 0.0109. The molecule has 2 aromatic rings. The molecule has 1 aliphatic heterocycles. The molecule has 3 amide bonds. The molecule has 140 valence electrons. The van der Waals surface area contributed by atoms with Gasteiger partial charge in [0, 0.05) is 18.7 Å². The molecule has 1 aliphatic rings. The number of nitriles is 2. The number of aromatic hydroxyl groups is 1. The predicted molar refractivity (Wildman–Crippen MR) is 101 cm³/mol. The Morgan fingerprint density at radius 1 is 1.36 bits per heavy atom. The van der Waals surface area contributed by atoms with Gasteiger partial charge in [-0.05, 0) is 17.7 Å². The van der Waals surface area contributed by atoms with Crippen LogP contribution in [0.2, 0.25) is 0 Å². The number of carbonyl (C=O) groups excluding carboxylic acids is 2. The van der Waals surface area contributed by atoms with Crippen LogP contribution in [0.3, 0.4) is 0 Å². The number of phenolic OH excluding ortho intramolecular Hbond substituents is 1.